The minimum atomic E-state index is 0.574. The molecule has 0 saturated heterocycles. The summed E-state index contributed by atoms with van der Waals surface area (Å²) in [7, 11) is 1.72. The number of rotatable bonds is 5. The molecule has 24 heavy (non-hydrogen) atoms. The molecule has 2 N–H and O–H groups in total. The van der Waals surface area contributed by atoms with Crippen LogP contribution in [-0.2, 0) is 13.0 Å². The number of nitrogens with two attached hydrogens (primary N) is 1. The molecular formula is C22H23NO. The minimum absolute atomic E-state index is 0.574. The number of hydrogen-bond acceptors (Lipinski definition) is 2. The van der Waals surface area contributed by atoms with Gasteiger partial charge in [0.2, 0.25) is 0 Å². The lowest BCUT2D eigenvalue weighted by Crippen LogP contribution is -1.98. The smallest absolute Gasteiger partial charge is 0.126 e. The number of hydrogen-bond donors (Lipinski definition) is 1. The topological polar surface area (TPSA) is 35.2 Å². The van der Waals surface area contributed by atoms with Crippen LogP contribution >= 0.6 is 0 Å². The SMILES string of the molecule is COc1ccc(Cc2cccc(CN)c2)cc1-c1cccc(C)c1. The first-order chi connectivity index (χ1) is 11.7. The van der Waals surface area contributed by atoms with Crippen molar-refractivity contribution < 1.29 is 4.74 Å². The fourth-order valence-corrected chi connectivity index (χ4v) is 3.01. The van der Waals surface area contributed by atoms with Crippen molar-refractivity contribution in [2.75, 3.05) is 7.11 Å². The monoisotopic (exact) mass is 317 g/mol. The summed E-state index contributed by atoms with van der Waals surface area (Å²) >= 11 is 0. The second-order valence-electron chi connectivity index (χ2n) is 6.10. The molecule has 3 aromatic rings. The molecule has 0 fully saturated rings. The highest BCUT2D eigenvalue weighted by molar-refractivity contribution is 5.71. The predicted molar refractivity (Wildman–Crippen MR) is 100 cm³/mol. The van der Waals surface area contributed by atoms with E-state index in [1.807, 2.05) is 0 Å². The van der Waals surface area contributed by atoms with Crippen molar-refractivity contribution in [3.63, 3.8) is 0 Å². The average Bonchev–Trinajstić information content (AvgIpc) is 2.62. The van der Waals surface area contributed by atoms with Gasteiger partial charge in [-0.3, -0.25) is 0 Å². The van der Waals surface area contributed by atoms with Gasteiger partial charge in [0.15, 0.2) is 0 Å². The fraction of sp³-hybridized carbons (Fsp3) is 0.182. The first-order valence-electron chi connectivity index (χ1n) is 8.21. The third-order valence-corrected chi connectivity index (χ3v) is 4.23. The normalized spacial score (nSPS) is 10.6. The van der Waals surface area contributed by atoms with Gasteiger partial charge >= 0.3 is 0 Å². The van der Waals surface area contributed by atoms with E-state index < -0.39 is 0 Å². The van der Waals surface area contributed by atoms with Gasteiger partial charge in [0.1, 0.15) is 5.75 Å². The zero-order valence-corrected chi connectivity index (χ0v) is 14.3. The van der Waals surface area contributed by atoms with E-state index in [0.717, 1.165) is 17.7 Å². The average molecular weight is 317 g/mol. The van der Waals surface area contributed by atoms with Gasteiger partial charge in [0, 0.05) is 12.1 Å². The van der Waals surface area contributed by atoms with E-state index >= 15 is 0 Å². The molecule has 0 amide bonds. The van der Waals surface area contributed by atoms with E-state index in [0.29, 0.717) is 6.54 Å². The summed E-state index contributed by atoms with van der Waals surface area (Å²) in [5.74, 6) is 0.903. The quantitative estimate of drug-likeness (QED) is 0.739. The molecule has 3 aromatic carbocycles. The fourth-order valence-electron chi connectivity index (χ4n) is 3.01. The largest absolute Gasteiger partial charge is 0.496 e. The molecule has 2 heteroatoms. The van der Waals surface area contributed by atoms with Crippen LogP contribution in [0.3, 0.4) is 0 Å². The Morgan fingerprint density at radius 3 is 2.33 bits per heavy atom. The molecule has 2 nitrogen and oxygen atoms in total. The molecule has 0 aliphatic heterocycles. The number of methoxy groups -OCH3 is 1. The molecule has 0 atom stereocenters. The van der Waals surface area contributed by atoms with Crippen molar-refractivity contribution in [1.29, 1.82) is 0 Å². The Kier molecular flexibility index (Phi) is 4.97. The predicted octanol–water partition coefficient (Wildman–Crippen LogP) is 4.72. The van der Waals surface area contributed by atoms with Crippen LogP contribution in [0.25, 0.3) is 11.1 Å². The van der Waals surface area contributed by atoms with E-state index in [4.69, 9.17) is 10.5 Å². The highest BCUT2D eigenvalue weighted by Crippen LogP contribution is 2.32. The second-order valence-corrected chi connectivity index (χ2v) is 6.10. The third kappa shape index (κ3) is 3.66. The molecule has 3 rings (SSSR count). The standard InChI is InChI=1S/C22H23NO/c1-16-5-3-8-20(11-16)21-14-18(9-10-22(21)24-2)12-17-6-4-7-19(13-17)15-23/h3-11,13-14H,12,15,23H2,1-2H3. The van der Waals surface area contributed by atoms with Crippen molar-refractivity contribution in [3.8, 4) is 16.9 Å². The summed E-state index contributed by atoms with van der Waals surface area (Å²) in [5, 5.41) is 0. The summed E-state index contributed by atoms with van der Waals surface area (Å²) in [5.41, 5.74) is 13.0. The lowest BCUT2D eigenvalue weighted by Gasteiger charge is -2.12. The molecule has 0 aliphatic rings. The highest BCUT2D eigenvalue weighted by atomic mass is 16.5. The highest BCUT2D eigenvalue weighted by Gasteiger charge is 2.08. The van der Waals surface area contributed by atoms with E-state index in [-0.39, 0.29) is 0 Å². The molecular weight excluding hydrogens is 294 g/mol. The van der Waals surface area contributed by atoms with Crippen LogP contribution in [-0.4, -0.2) is 7.11 Å². The molecule has 0 unspecified atom stereocenters. The number of ether oxygens (including phenoxy) is 1. The van der Waals surface area contributed by atoms with Crippen LogP contribution < -0.4 is 10.5 Å². The van der Waals surface area contributed by atoms with Crippen molar-refractivity contribution in [1.82, 2.24) is 0 Å². The zero-order chi connectivity index (χ0) is 16.9. The van der Waals surface area contributed by atoms with Crippen LogP contribution in [0.2, 0.25) is 0 Å². The summed E-state index contributed by atoms with van der Waals surface area (Å²) in [6.45, 7) is 2.68. The van der Waals surface area contributed by atoms with E-state index in [2.05, 4.69) is 73.7 Å². The van der Waals surface area contributed by atoms with Crippen LogP contribution in [0.1, 0.15) is 22.3 Å². The molecule has 0 spiro atoms. The van der Waals surface area contributed by atoms with Crippen molar-refractivity contribution >= 4 is 0 Å². The zero-order valence-electron chi connectivity index (χ0n) is 14.3. The van der Waals surface area contributed by atoms with Crippen LogP contribution in [0.5, 0.6) is 5.75 Å². The maximum atomic E-state index is 5.75. The molecule has 0 aliphatic carbocycles. The van der Waals surface area contributed by atoms with Crippen molar-refractivity contribution in [3.05, 3.63) is 89.0 Å². The molecule has 122 valence electrons. The third-order valence-electron chi connectivity index (χ3n) is 4.23. The van der Waals surface area contributed by atoms with E-state index in [1.165, 1.54) is 27.8 Å². The Morgan fingerprint density at radius 1 is 0.833 bits per heavy atom. The van der Waals surface area contributed by atoms with Gasteiger partial charge in [-0.15, -0.1) is 0 Å². The van der Waals surface area contributed by atoms with Crippen LogP contribution in [0, 0.1) is 6.92 Å². The van der Waals surface area contributed by atoms with Gasteiger partial charge in [-0.1, -0.05) is 60.2 Å². The molecule has 0 aromatic heterocycles. The van der Waals surface area contributed by atoms with Gasteiger partial charge < -0.3 is 10.5 Å². The molecule has 0 bridgehead atoms. The van der Waals surface area contributed by atoms with E-state index in [9.17, 15) is 0 Å². The maximum absolute atomic E-state index is 5.75. The number of benzene rings is 3. The molecule has 0 saturated carbocycles. The Labute approximate surface area is 143 Å². The maximum Gasteiger partial charge on any atom is 0.126 e. The first kappa shape index (κ1) is 16.3. The summed E-state index contributed by atoms with van der Waals surface area (Å²) in [6.07, 6.45) is 0.886. The first-order valence-corrected chi connectivity index (χ1v) is 8.21. The van der Waals surface area contributed by atoms with Gasteiger partial charge in [-0.2, -0.15) is 0 Å². The van der Waals surface area contributed by atoms with Gasteiger partial charge in [-0.25, -0.2) is 0 Å². The number of aryl methyl sites for hydroxylation is 1. The summed E-state index contributed by atoms with van der Waals surface area (Å²) < 4.78 is 5.56. The Balaban J connectivity index is 1.97. The van der Waals surface area contributed by atoms with Gasteiger partial charge in [-0.05, 0) is 47.7 Å². The molecule has 0 radical (unpaired) electrons. The lowest BCUT2D eigenvalue weighted by molar-refractivity contribution is 0.416. The van der Waals surface area contributed by atoms with Crippen LogP contribution in [0.15, 0.2) is 66.7 Å². The minimum Gasteiger partial charge on any atom is -0.496 e. The van der Waals surface area contributed by atoms with Crippen molar-refractivity contribution in [2.45, 2.75) is 19.9 Å². The second kappa shape index (κ2) is 7.33. The summed E-state index contributed by atoms with van der Waals surface area (Å²) in [6, 6.07) is 23.4. The van der Waals surface area contributed by atoms with Crippen LogP contribution in [0.4, 0.5) is 0 Å². The van der Waals surface area contributed by atoms with Gasteiger partial charge in [0.25, 0.3) is 0 Å². The Hall–Kier alpha value is -2.58. The van der Waals surface area contributed by atoms with Gasteiger partial charge in [0.05, 0.1) is 7.11 Å². The lowest BCUT2D eigenvalue weighted by atomic mass is 9.97. The van der Waals surface area contributed by atoms with E-state index in [1.54, 1.807) is 7.11 Å². The van der Waals surface area contributed by atoms with Crippen molar-refractivity contribution in [2.24, 2.45) is 5.73 Å². The Bertz CT molecular complexity index is 839. The molecule has 0 heterocycles. The Morgan fingerprint density at radius 2 is 1.58 bits per heavy atom. The summed E-state index contributed by atoms with van der Waals surface area (Å²) in [4.78, 5) is 0.